The summed E-state index contributed by atoms with van der Waals surface area (Å²) < 4.78 is 21.9. The van der Waals surface area contributed by atoms with Gasteiger partial charge in [-0.15, -0.1) is 0 Å². The molecule has 190 valence electrons. The van der Waals surface area contributed by atoms with Gasteiger partial charge in [0.05, 0.1) is 33.9 Å². The van der Waals surface area contributed by atoms with Gasteiger partial charge in [-0.25, -0.2) is 0 Å². The number of carbonyl (C=O) groups excluding carboxylic acids is 2. The van der Waals surface area contributed by atoms with E-state index in [4.69, 9.17) is 18.9 Å². The van der Waals surface area contributed by atoms with Crippen LogP contribution in [0.25, 0.3) is 10.9 Å². The lowest BCUT2D eigenvalue weighted by Crippen LogP contribution is -2.63. The van der Waals surface area contributed by atoms with Crippen LogP contribution < -0.4 is 14.2 Å². The lowest BCUT2D eigenvalue weighted by Gasteiger charge is -2.47. The summed E-state index contributed by atoms with van der Waals surface area (Å²) in [4.78, 5) is 34.3. The minimum absolute atomic E-state index is 0.0372. The Morgan fingerprint density at radius 1 is 1.00 bits per heavy atom. The first kappa shape index (κ1) is 24.0. The highest BCUT2D eigenvalue weighted by molar-refractivity contribution is 5.97. The van der Waals surface area contributed by atoms with Gasteiger partial charge in [-0.05, 0) is 35.7 Å². The number of hydrogen-bond donors (Lipinski definition) is 1. The van der Waals surface area contributed by atoms with Crippen molar-refractivity contribution in [2.24, 2.45) is 0 Å². The Labute approximate surface area is 209 Å². The van der Waals surface area contributed by atoms with Crippen LogP contribution in [-0.2, 0) is 20.7 Å². The van der Waals surface area contributed by atoms with Crippen LogP contribution in [0, 0.1) is 0 Å². The Hall–Kier alpha value is -3.72. The Morgan fingerprint density at radius 3 is 2.39 bits per heavy atom. The molecule has 1 unspecified atom stereocenters. The molecular weight excluding hydrogens is 462 g/mol. The third-order valence-electron chi connectivity index (χ3n) is 7.12. The molecule has 0 radical (unpaired) electrons. The van der Waals surface area contributed by atoms with Crippen molar-refractivity contribution >= 4 is 22.7 Å². The Bertz CT molecular complexity index is 1280. The second-order valence-corrected chi connectivity index (χ2v) is 9.05. The maximum absolute atomic E-state index is 13.7. The summed E-state index contributed by atoms with van der Waals surface area (Å²) in [5.74, 6) is 1.31. The van der Waals surface area contributed by atoms with Crippen LogP contribution >= 0.6 is 0 Å². The van der Waals surface area contributed by atoms with Crippen LogP contribution in [0.5, 0.6) is 17.2 Å². The van der Waals surface area contributed by atoms with E-state index in [1.165, 1.54) is 0 Å². The zero-order chi connectivity index (χ0) is 25.4. The summed E-state index contributed by atoms with van der Waals surface area (Å²) >= 11 is 0. The summed E-state index contributed by atoms with van der Waals surface area (Å²) in [7, 11) is 6.31. The first-order chi connectivity index (χ1) is 17.5. The van der Waals surface area contributed by atoms with Gasteiger partial charge in [0.1, 0.15) is 6.04 Å². The van der Waals surface area contributed by atoms with Crippen molar-refractivity contribution in [1.82, 2.24) is 14.8 Å². The number of carbonyl (C=O) groups is 2. The van der Waals surface area contributed by atoms with Crippen molar-refractivity contribution in [2.45, 2.75) is 24.9 Å². The number of nitrogens with zero attached hydrogens (tertiary/aromatic N) is 2. The van der Waals surface area contributed by atoms with Crippen molar-refractivity contribution in [2.75, 3.05) is 48.1 Å². The number of methoxy groups -OCH3 is 4. The third-order valence-corrected chi connectivity index (χ3v) is 7.12. The molecule has 1 aromatic heterocycles. The minimum atomic E-state index is -0.607. The quantitative estimate of drug-likeness (QED) is 0.485. The number of aromatic nitrogens is 1. The van der Waals surface area contributed by atoms with Crippen LogP contribution in [-0.4, -0.2) is 80.8 Å². The fourth-order valence-corrected chi connectivity index (χ4v) is 5.52. The zero-order valence-corrected chi connectivity index (χ0v) is 21.0. The van der Waals surface area contributed by atoms with Crippen LogP contribution in [0.1, 0.15) is 29.3 Å². The van der Waals surface area contributed by atoms with E-state index in [0.29, 0.717) is 43.2 Å². The Kier molecular flexibility index (Phi) is 6.49. The van der Waals surface area contributed by atoms with Gasteiger partial charge in [-0.2, -0.15) is 0 Å². The number of ether oxygens (including phenoxy) is 4. The molecule has 5 rings (SSSR count). The van der Waals surface area contributed by atoms with Crippen molar-refractivity contribution in [3.8, 4) is 17.2 Å². The number of aromatic amines is 1. The first-order valence-corrected chi connectivity index (χ1v) is 12.0. The van der Waals surface area contributed by atoms with Crippen molar-refractivity contribution in [1.29, 1.82) is 0 Å². The van der Waals surface area contributed by atoms with Gasteiger partial charge in [0, 0.05) is 43.3 Å². The van der Waals surface area contributed by atoms with Crippen LogP contribution in [0.15, 0.2) is 36.4 Å². The van der Waals surface area contributed by atoms with Crippen molar-refractivity contribution in [3.63, 3.8) is 0 Å². The van der Waals surface area contributed by atoms with E-state index in [1.807, 2.05) is 30.3 Å². The fourth-order valence-electron chi connectivity index (χ4n) is 5.52. The van der Waals surface area contributed by atoms with Crippen molar-refractivity contribution in [3.05, 3.63) is 53.2 Å². The zero-order valence-electron chi connectivity index (χ0n) is 21.0. The van der Waals surface area contributed by atoms with E-state index in [0.717, 1.165) is 27.7 Å². The molecule has 2 aliphatic heterocycles. The highest BCUT2D eigenvalue weighted by atomic mass is 16.5. The molecule has 1 N–H and O–H groups in total. The molecule has 3 heterocycles. The van der Waals surface area contributed by atoms with Gasteiger partial charge < -0.3 is 33.7 Å². The number of para-hydroxylation sites is 1. The third kappa shape index (κ3) is 3.83. The lowest BCUT2D eigenvalue weighted by atomic mass is 9.86. The van der Waals surface area contributed by atoms with Gasteiger partial charge in [-0.3, -0.25) is 9.59 Å². The van der Waals surface area contributed by atoms with Crippen molar-refractivity contribution < 1.29 is 28.5 Å². The molecule has 2 amide bonds. The highest BCUT2D eigenvalue weighted by Crippen LogP contribution is 2.46. The maximum atomic E-state index is 13.7. The van der Waals surface area contributed by atoms with Gasteiger partial charge in [0.15, 0.2) is 11.5 Å². The van der Waals surface area contributed by atoms with E-state index < -0.39 is 12.1 Å². The summed E-state index contributed by atoms with van der Waals surface area (Å²) in [6.45, 7) is 1.06. The second-order valence-electron chi connectivity index (χ2n) is 9.05. The standard InChI is InChI=1S/C27H31N3O6/c1-33-11-7-10-29-15-23(31)30-20(27(29)32)14-18-17-8-5-6-9-19(17)28-24(18)25(30)16-12-21(34-2)26(36-4)22(13-16)35-3/h5-6,8-9,12-13,20,25,28H,7,10-11,14-15H2,1-4H3/t20-,25?/m1/s1. The number of hydrogen-bond acceptors (Lipinski definition) is 6. The van der Waals surface area contributed by atoms with Crippen LogP contribution in [0.3, 0.4) is 0 Å². The molecule has 3 aromatic rings. The average molecular weight is 494 g/mol. The molecule has 2 aromatic carbocycles. The smallest absolute Gasteiger partial charge is 0.246 e. The lowest BCUT2D eigenvalue weighted by molar-refractivity contribution is -0.158. The van der Waals surface area contributed by atoms with Crippen LogP contribution in [0.2, 0.25) is 0 Å². The molecule has 9 heteroatoms. The normalized spacial score (nSPS) is 19.3. The number of piperazine rings is 1. The molecular formula is C27H31N3O6. The predicted molar refractivity (Wildman–Crippen MR) is 134 cm³/mol. The SMILES string of the molecule is COCCCN1CC(=O)N2C(c3cc(OC)c(OC)c(OC)c3)c3[nH]c4ccccc4c3C[C@@H]2C1=O. The maximum Gasteiger partial charge on any atom is 0.246 e. The van der Waals surface area contributed by atoms with E-state index in [9.17, 15) is 9.59 Å². The van der Waals surface area contributed by atoms with Gasteiger partial charge in [0.25, 0.3) is 0 Å². The number of benzene rings is 2. The summed E-state index contributed by atoms with van der Waals surface area (Å²) in [6, 6.07) is 10.6. The molecule has 36 heavy (non-hydrogen) atoms. The van der Waals surface area contributed by atoms with Crippen LogP contribution in [0.4, 0.5) is 0 Å². The number of amides is 2. The number of fused-ring (bicyclic) bond motifs is 4. The molecule has 0 saturated carbocycles. The monoisotopic (exact) mass is 493 g/mol. The van der Waals surface area contributed by atoms with E-state index >= 15 is 0 Å². The molecule has 1 fully saturated rings. The number of nitrogens with one attached hydrogen (secondary N) is 1. The number of rotatable bonds is 8. The van der Waals surface area contributed by atoms with Gasteiger partial charge in [0.2, 0.25) is 17.6 Å². The first-order valence-electron chi connectivity index (χ1n) is 12.0. The molecule has 2 atom stereocenters. The molecule has 0 spiro atoms. The largest absolute Gasteiger partial charge is 0.493 e. The molecule has 0 bridgehead atoms. The van der Waals surface area contributed by atoms with Gasteiger partial charge >= 0.3 is 0 Å². The summed E-state index contributed by atoms with van der Waals surface area (Å²) in [5.41, 5.74) is 3.69. The Morgan fingerprint density at radius 2 is 1.72 bits per heavy atom. The predicted octanol–water partition coefficient (Wildman–Crippen LogP) is 2.92. The minimum Gasteiger partial charge on any atom is -0.493 e. The summed E-state index contributed by atoms with van der Waals surface area (Å²) in [5, 5.41) is 1.06. The molecule has 9 nitrogen and oxygen atoms in total. The highest BCUT2D eigenvalue weighted by Gasteiger charge is 2.48. The molecule has 0 aliphatic carbocycles. The molecule has 1 saturated heterocycles. The van der Waals surface area contributed by atoms with E-state index in [-0.39, 0.29) is 18.4 Å². The molecule has 2 aliphatic rings. The Balaban J connectivity index is 1.67. The second kappa shape index (κ2) is 9.73. The average Bonchev–Trinajstić information content (AvgIpc) is 3.27. The van der Waals surface area contributed by atoms with Gasteiger partial charge in [-0.1, -0.05) is 18.2 Å². The fraction of sp³-hybridized carbons (Fsp3) is 0.407. The van der Waals surface area contributed by atoms with E-state index in [2.05, 4.69) is 11.1 Å². The topological polar surface area (TPSA) is 93.3 Å². The van der Waals surface area contributed by atoms with E-state index in [1.54, 1.807) is 38.2 Å². The summed E-state index contributed by atoms with van der Waals surface area (Å²) in [6.07, 6.45) is 1.13. The number of H-pyrrole nitrogens is 1.